The van der Waals surface area contributed by atoms with E-state index in [1.807, 2.05) is 53.3 Å². The average molecular weight is 1750 g/mol. The van der Waals surface area contributed by atoms with Crippen LogP contribution < -0.4 is 19.6 Å². The number of aliphatic hydroxyl groups excluding tert-OH is 1. The molecule has 12 aromatic carbocycles. The Kier molecular flexibility index (Phi) is 27.4. The minimum Gasteiger partial charge on any atom is -0.391 e. The third-order valence-electron chi connectivity index (χ3n) is 25.9. The van der Waals surface area contributed by atoms with E-state index in [2.05, 4.69) is 417 Å². The smallest absolute Gasteiger partial charge is 0.264 e. The molecule has 4 saturated heterocycles. The SMILES string of the molecule is CC1(C#N)CCCN(c2ccn(C(c3ccccc3)(c3ccccc3)c3ccccc3)n2)C1.CS(=O)(=O)OC1CCCN(c2ccn(C(c3ccccc3)(c3ccccc3)c3ccccc3)n2)C1.N#CC1CCCN(c2ccn(C(c3ccccc3)(c3ccccc3)c3ccccc3)n2)C1.OC1CCCN(c2ccn(C(c3ccccc3)(c3ccccc3)c3ccccc3)n2)C1. The van der Waals surface area contributed by atoms with Gasteiger partial charge in [-0.25, -0.2) is 0 Å². The van der Waals surface area contributed by atoms with Gasteiger partial charge in [0.05, 0.1) is 41.9 Å². The fourth-order valence-electron chi connectivity index (χ4n) is 19.9. The van der Waals surface area contributed by atoms with Crippen LogP contribution in [0, 0.1) is 34.0 Å². The van der Waals surface area contributed by atoms with Crippen LogP contribution in [-0.4, -0.2) is 123 Å². The molecule has 8 heterocycles. The number of piperidine rings is 4. The van der Waals surface area contributed by atoms with E-state index in [0.717, 1.165) is 174 Å². The predicted octanol–water partition coefficient (Wildman–Crippen LogP) is 20.7. The molecule has 4 aliphatic heterocycles. The minimum absolute atomic E-state index is 0.0658. The summed E-state index contributed by atoms with van der Waals surface area (Å²) in [6, 6.07) is 140. The van der Waals surface area contributed by atoms with Gasteiger partial charge in [-0.15, -0.1) is 0 Å². The van der Waals surface area contributed by atoms with Crippen LogP contribution in [-0.2, 0) is 36.5 Å². The second-order valence-corrected chi connectivity index (χ2v) is 36.2. The van der Waals surface area contributed by atoms with Gasteiger partial charge in [-0.2, -0.15) is 39.3 Å². The zero-order chi connectivity index (χ0) is 89.9. The maximum Gasteiger partial charge on any atom is 0.264 e. The molecule has 4 fully saturated rings. The molecule has 658 valence electrons. The van der Waals surface area contributed by atoms with Crippen molar-refractivity contribution < 1.29 is 17.7 Å². The molecule has 0 aliphatic carbocycles. The lowest BCUT2D eigenvalue weighted by Crippen LogP contribution is -2.42. The van der Waals surface area contributed by atoms with Gasteiger partial charge in [0, 0.05) is 101 Å². The van der Waals surface area contributed by atoms with Crippen molar-refractivity contribution in [3.05, 3.63) is 480 Å². The van der Waals surface area contributed by atoms with Crippen LogP contribution in [0.1, 0.15) is 125 Å². The van der Waals surface area contributed by atoms with Gasteiger partial charge in [0.15, 0.2) is 23.3 Å². The molecule has 0 bridgehead atoms. The van der Waals surface area contributed by atoms with Gasteiger partial charge in [-0.1, -0.05) is 364 Å². The summed E-state index contributed by atoms with van der Waals surface area (Å²) < 4.78 is 37.0. The molecular formula is C112H110N14O4S. The second kappa shape index (κ2) is 40.5. The summed E-state index contributed by atoms with van der Waals surface area (Å²) in [5.74, 6) is 3.63. The number of hydrogen-bond donors (Lipinski definition) is 1. The van der Waals surface area contributed by atoms with E-state index in [1.54, 1.807) is 0 Å². The van der Waals surface area contributed by atoms with Crippen molar-refractivity contribution in [2.24, 2.45) is 11.3 Å². The number of nitriles is 2. The van der Waals surface area contributed by atoms with E-state index in [4.69, 9.17) is 24.6 Å². The van der Waals surface area contributed by atoms with Crippen molar-refractivity contribution in [3.63, 3.8) is 0 Å². The topological polar surface area (TPSA) is 195 Å². The molecule has 4 aromatic heterocycles. The second-order valence-electron chi connectivity index (χ2n) is 34.6. The molecule has 0 spiro atoms. The van der Waals surface area contributed by atoms with Gasteiger partial charge in [0.25, 0.3) is 10.1 Å². The van der Waals surface area contributed by atoms with E-state index >= 15 is 0 Å². The molecule has 16 aromatic rings. The molecule has 0 saturated carbocycles. The van der Waals surface area contributed by atoms with E-state index in [1.165, 1.54) is 0 Å². The number of anilines is 4. The average Bonchev–Trinajstić information content (AvgIpc) is 1.73. The Morgan fingerprint density at radius 3 is 0.817 bits per heavy atom. The van der Waals surface area contributed by atoms with E-state index in [9.17, 15) is 24.0 Å². The Hall–Kier alpha value is -14.5. The van der Waals surface area contributed by atoms with E-state index in [0.29, 0.717) is 26.1 Å². The Morgan fingerprint density at radius 2 is 0.565 bits per heavy atom. The molecule has 4 atom stereocenters. The summed E-state index contributed by atoms with van der Waals surface area (Å²) in [5, 5.41) is 49.8. The molecule has 20 rings (SSSR count). The van der Waals surface area contributed by atoms with Crippen molar-refractivity contribution in [1.29, 1.82) is 10.5 Å². The lowest BCUT2D eigenvalue weighted by atomic mass is 9.77. The van der Waals surface area contributed by atoms with Crippen molar-refractivity contribution in [1.82, 2.24) is 39.1 Å². The van der Waals surface area contributed by atoms with Gasteiger partial charge in [-0.05, 0) is 125 Å². The third-order valence-corrected chi connectivity index (χ3v) is 26.5. The van der Waals surface area contributed by atoms with Crippen LogP contribution in [0.2, 0.25) is 0 Å². The number of nitrogens with zero attached hydrogens (tertiary/aromatic N) is 14. The molecule has 4 aliphatic rings. The van der Waals surface area contributed by atoms with Crippen molar-refractivity contribution in [2.75, 3.05) is 78.2 Å². The normalized spacial score (nSPS) is 17.2. The summed E-state index contributed by atoms with van der Waals surface area (Å²) in [4.78, 5) is 8.81. The maximum atomic E-state index is 11.7. The first kappa shape index (κ1) is 88.6. The highest BCUT2D eigenvalue weighted by atomic mass is 32.2. The summed E-state index contributed by atoms with van der Waals surface area (Å²) >= 11 is 0. The minimum atomic E-state index is -3.51. The van der Waals surface area contributed by atoms with Crippen LogP contribution in [0.4, 0.5) is 23.3 Å². The first-order chi connectivity index (χ1) is 64.2. The first-order valence-electron chi connectivity index (χ1n) is 45.5. The van der Waals surface area contributed by atoms with E-state index < -0.39 is 32.3 Å². The number of benzene rings is 12. The van der Waals surface area contributed by atoms with E-state index in [-0.39, 0.29) is 23.5 Å². The van der Waals surface area contributed by atoms with Crippen LogP contribution in [0.15, 0.2) is 413 Å². The van der Waals surface area contributed by atoms with Gasteiger partial charge in [-0.3, -0.25) is 22.9 Å². The Labute approximate surface area is 769 Å². The fraction of sp³-hybridized carbons (Fsp3) is 0.232. The molecule has 1 N–H and O–H groups in total. The number of aromatic nitrogens is 8. The summed E-state index contributed by atoms with van der Waals surface area (Å²) in [7, 11) is -3.51. The lowest BCUT2D eigenvalue weighted by Gasteiger charge is -2.37. The van der Waals surface area contributed by atoms with Crippen molar-refractivity contribution in [3.8, 4) is 12.1 Å². The van der Waals surface area contributed by atoms with Gasteiger partial charge >= 0.3 is 0 Å². The number of hydrogen-bond acceptors (Lipinski definition) is 14. The Balaban J connectivity index is 0.000000122. The van der Waals surface area contributed by atoms with Crippen LogP contribution in [0.5, 0.6) is 0 Å². The largest absolute Gasteiger partial charge is 0.391 e. The molecule has 4 unspecified atom stereocenters. The highest BCUT2D eigenvalue weighted by Crippen LogP contribution is 2.47. The van der Waals surface area contributed by atoms with Crippen LogP contribution in [0.25, 0.3) is 0 Å². The third kappa shape index (κ3) is 18.8. The van der Waals surface area contributed by atoms with Gasteiger partial charge < -0.3 is 24.7 Å². The van der Waals surface area contributed by atoms with Gasteiger partial charge in [0.2, 0.25) is 0 Å². The quantitative estimate of drug-likeness (QED) is 0.0497. The predicted molar refractivity (Wildman–Crippen MR) is 522 cm³/mol. The molecule has 0 amide bonds. The highest BCUT2D eigenvalue weighted by molar-refractivity contribution is 7.86. The maximum absolute atomic E-state index is 11.7. The molecule has 18 nitrogen and oxygen atoms in total. The number of β-amino-alcohol motifs (C(OH)–C–C–N with tert-alkyl or cyclic N) is 1. The van der Waals surface area contributed by atoms with Crippen LogP contribution >= 0.6 is 0 Å². The van der Waals surface area contributed by atoms with Gasteiger partial charge in [0.1, 0.15) is 22.2 Å². The highest BCUT2D eigenvalue weighted by Gasteiger charge is 2.45. The summed E-state index contributed by atoms with van der Waals surface area (Å²) in [5.41, 5.74) is 10.8. The number of aliphatic hydroxyl groups is 1. The van der Waals surface area contributed by atoms with Crippen molar-refractivity contribution >= 4 is 33.4 Å². The monoisotopic (exact) mass is 1750 g/mol. The Morgan fingerprint density at radius 1 is 0.328 bits per heavy atom. The molecule has 131 heavy (non-hydrogen) atoms. The Bertz CT molecular complexity index is 6100. The lowest BCUT2D eigenvalue weighted by molar-refractivity contribution is 0.153. The number of rotatable bonds is 22. The van der Waals surface area contributed by atoms with Crippen LogP contribution in [0.3, 0.4) is 0 Å². The molecular weight excluding hydrogens is 1640 g/mol. The fourth-order valence-corrected chi connectivity index (χ4v) is 20.5. The molecule has 0 radical (unpaired) electrons. The zero-order valence-electron chi connectivity index (χ0n) is 74.1. The first-order valence-corrected chi connectivity index (χ1v) is 47.3. The summed E-state index contributed by atoms with van der Waals surface area (Å²) in [6.07, 6.45) is 16.0. The van der Waals surface area contributed by atoms with Crippen molar-refractivity contribution in [2.45, 2.75) is 92.7 Å². The standard InChI is InChI=1S/C29H28N4.C28H26N4.C28H29N3O3S.C27H27N3O/c1-28(22-30)19-11-20-32(23-28)27-18-21-33(31-27)29(24-12-5-2-6-13-24,25-14-7-3-8-15-25)26-16-9-4-10-17-26;29-21-23-11-10-19-31(22-23)27-18-20-32(30-27)28(24-12-4-1-5-13-24,25-14-6-2-7-15-25)26-16-8-3-9-17-26;1-35(32,33)34-26-18-11-20-30(22-26)27-19-21-31(29-27)28(23-12-5-2-6-13-23,24-14-7-3-8-15-24)25-16-9-4-10-17-25;31-25-17-10-19-29(21-25)26-18-20-30(28-26)27(22-11-4-1-5-12-22,23-13-6-2-7-14-23)24-15-8-3-9-16-24/h2-10,12-18,21H,11,19-20,23H2,1H3;1-9,12-18,20,23H,10-11,19,22H2;2-10,12-17,19,21,26H,11,18,20,22H2,1H3;1-9,11-16,18,20,25,31H,10,17,19,21H2. The zero-order valence-corrected chi connectivity index (χ0v) is 75.0. The summed E-state index contributed by atoms with van der Waals surface area (Å²) in [6.45, 7) is 8.19. The molecule has 19 heteroatoms.